The van der Waals surface area contributed by atoms with Gasteiger partial charge in [0.2, 0.25) is 0 Å². The number of nitrogen functional groups attached to an aromatic ring is 1. The molecule has 0 atom stereocenters. The Morgan fingerprint density at radius 1 is 1.36 bits per heavy atom. The zero-order valence-electron chi connectivity index (χ0n) is 15.0. The molecule has 2 rings (SSSR count). The number of aromatic nitrogens is 2. The first-order chi connectivity index (χ1) is 11.7. The molecule has 0 spiro atoms. The second kappa shape index (κ2) is 7.52. The number of carbonyl (C=O) groups excluding carboxylic acids is 1. The van der Waals surface area contributed by atoms with Gasteiger partial charge in [-0.25, -0.2) is 4.79 Å². The minimum absolute atomic E-state index is 0.0139. The van der Waals surface area contributed by atoms with Crippen LogP contribution in [0.5, 0.6) is 0 Å². The summed E-state index contributed by atoms with van der Waals surface area (Å²) < 4.78 is 7.46. The zero-order valence-corrected chi connectivity index (χ0v) is 15.0. The summed E-state index contributed by atoms with van der Waals surface area (Å²) in [6, 6.07) is 3.57. The second-order valence-corrected chi connectivity index (χ2v) is 6.59. The standard InChI is InChI=1S/C17H24N4O4/c1-11(2)8-21-15(18)14(16(23)20(4)17(21)24)13(22)10-19(3)9-12-6-5-7-25-12/h5-7,11H,8-10,18H2,1-4H3. The van der Waals surface area contributed by atoms with Crippen LogP contribution in [0.1, 0.15) is 30.0 Å². The molecule has 0 radical (unpaired) electrons. The van der Waals surface area contributed by atoms with Gasteiger partial charge < -0.3 is 10.2 Å². The Kier molecular flexibility index (Phi) is 5.63. The van der Waals surface area contributed by atoms with Crippen molar-refractivity contribution in [2.75, 3.05) is 19.3 Å². The van der Waals surface area contributed by atoms with Crippen LogP contribution < -0.4 is 17.0 Å². The lowest BCUT2D eigenvalue weighted by Crippen LogP contribution is -2.44. The van der Waals surface area contributed by atoms with Gasteiger partial charge in [0.1, 0.15) is 17.1 Å². The molecule has 0 aliphatic rings. The van der Waals surface area contributed by atoms with E-state index in [9.17, 15) is 14.4 Å². The maximum Gasteiger partial charge on any atom is 0.332 e. The number of carbonyl (C=O) groups is 1. The molecular weight excluding hydrogens is 324 g/mol. The lowest BCUT2D eigenvalue weighted by molar-refractivity contribution is 0.0937. The fourth-order valence-electron chi connectivity index (χ4n) is 2.64. The van der Waals surface area contributed by atoms with E-state index < -0.39 is 17.0 Å². The number of likely N-dealkylation sites (N-methyl/N-ethyl adjacent to an activating group) is 1. The summed E-state index contributed by atoms with van der Waals surface area (Å²) >= 11 is 0. The molecule has 8 nitrogen and oxygen atoms in total. The van der Waals surface area contributed by atoms with Crippen molar-refractivity contribution in [1.29, 1.82) is 0 Å². The van der Waals surface area contributed by atoms with Gasteiger partial charge in [-0.1, -0.05) is 13.8 Å². The quantitative estimate of drug-likeness (QED) is 0.739. The van der Waals surface area contributed by atoms with Crippen molar-refractivity contribution in [2.45, 2.75) is 26.9 Å². The Balaban J connectivity index is 2.34. The molecule has 0 saturated heterocycles. The van der Waals surface area contributed by atoms with Crippen LogP contribution in [0, 0.1) is 5.92 Å². The van der Waals surface area contributed by atoms with E-state index in [0.29, 0.717) is 18.8 Å². The number of nitrogens with zero attached hydrogens (tertiary/aromatic N) is 3. The molecule has 0 fully saturated rings. The smallest absolute Gasteiger partial charge is 0.332 e. The number of ketones is 1. The average Bonchev–Trinajstić information content (AvgIpc) is 3.02. The molecule has 0 aliphatic heterocycles. The molecule has 0 aliphatic carbocycles. The van der Waals surface area contributed by atoms with Crippen LogP contribution >= 0.6 is 0 Å². The van der Waals surface area contributed by atoms with Gasteiger partial charge in [0.25, 0.3) is 5.56 Å². The first-order valence-electron chi connectivity index (χ1n) is 8.05. The third-order valence-corrected chi connectivity index (χ3v) is 3.83. The van der Waals surface area contributed by atoms with Gasteiger partial charge in [-0.3, -0.25) is 23.6 Å². The van der Waals surface area contributed by atoms with Gasteiger partial charge >= 0.3 is 5.69 Å². The molecule has 0 aromatic carbocycles. The Bertz CT molecular complexity index is 862. The predicted octanol–water partition coefficient (Wildman–Crippen LogP) is 0.693. The van der Waals surface area contributed by atoms with Crippen molar-refractivity contribution in [3.05, 3.63) is 50.6 Å². The topological polar surface area (TPSA) is 103 Å². The predicted molar refractivity (Wildman–Crippen MR) is 94.6 cm³/mol. The van der Waals surface area contributed by atoms with E-state index in [2.05, 4.69) is 0 Å². The summed E-state index contributed by atoms with van der Waals surface area (Å²) in [5.74, 6) is 0.353. The zero-order chi connectivity index (χ0) is 18.7. The number of anilines is 1. The summed E-state index contributed by atoms with van der Waals surface area (Å²) in [6.45, 7) is 4.59. The van der Waals surface area contributed by atoms with E-state index in [-0.39, 0.29) is 23.8 Å². The van der Waals surface area contributed by atoms with Crippen LogP contribution in [-0.4, -0.2) is 33.4 Å². The molecule has 2 aromatic heterocycles. The van der Waals surface area contributed by atoms with E-state index in [1.54, 1.807) is 30.3 Å². The first kappa shape index (κ1) is 18.7. The number of hydrogen-bond acceptors (Lipinski definition) is 6. The van der Waals surface area contributed by atoms with Gasteiger partial charge in [-0.15, -0.1) is 0 Å². The fourth-order valence-corrected chi connectivity index (χ4v) is 2.64. The Morgan fingerprint density at radius 3 is 2.60 bits per heavy atom. The lowest BCUT2D eigenvalue weighted by Gasteiger charge is -2.18. The molecule has 2 heterocycles. The summed E-state index contributed by atoms with van der Waals surface area (Å²) in [5.41, 5.74) is 4.68. The molecule has 8 heteroatoms. The maximum absolute atomic E-state index is 12.6. The maximum atomic E-state index is 12.6. The third-order valence-electron chi connectivity index (χ3n) is 3.83. The van der Waals surface area contributed by atoms with Crippen molar-refractivity contribution in [3.8, 4) is 0 Å². The Morgan fingerprint density at radius 2 is 2.04 bits per heavy atom. The summed E-state index contributed by atoms with van der Waals surface area (Å²) in [4.78, 5) is 39.0. The van der Waals surface area contributed by atoms with Crippen molar-refractivity contribution >= 4 is 11.6 Å². The van der Waals surface area contributed by atoms with Gasteiger partial charge in [-0.05, 0) is 25.1 Å². The van der Waals surface area contributed by atoms with Crippen molar-refractivity contribution in [2.24, 2.45) is 13.0 Å². The van der Waals surface area contributed by atoms with Gasteiger partial charge in [0.15, 0.2) is 5.78 Å². The summed E-state index contributed by atoms with van der Waals surface area (Å²) in [5, 5.41) is 0. The molecular formula is C17H24N4O4. The molecule has 0 unspecified atom stereocenters. The minimum atomic E-state index is -0.668. The Hall–Kier alpha value is -2.61. The Labute approximate surface area is 145 Å². The van der Waals surface area contributed by atoms with Crippen LogP contribution in [0.2, 0.25) is 0 Å². The van der Waals surface area contributed by atoms with Crippen LogP contribution in [0.15, 0.2) is 32.4 Å². The average molecular weight is 348 g/mol. The number of rotatable bonds is 7. The number of nitrogens with two attached hydrogens (primary N) is 1. The number of furan rings is 1. The van der Waals surface area contributed by atoms with Gasteiger partial charge in [0.05, 0.1) is 19.4 Å². The highest BCUT2D eigenvalue weighted by atomic mass is 16.3. The van der Waals surface area contributed by atoms with Crippen molar-refractivity contribution < 1.29 is 9.21 Å². The minimum Gasteiger partial charge on any atom is -0.468 e. The molecule has 25 heavy (non-hydrogen) atoms. The molecule has 0 saturated carbocycles. The van der Waals surface area contributed by atoms with Crippen molar-refractivity contribution in [1.82, 2.24) is 14.0 Å². The van der Waals surface area contributed by atoms with E-state index >= 15 is 0 Å². The summed E-state index contributed by atoms with van der Waals surface area (Å²) in [6.07, 6.45) is 1.56. The third kappa shape index (κ3) is 4.08. The molecule has 2 aromatic rings. The van der Waals surface area contributed by atoms with Gasteiger partial charge in [-0.2, -0.15) is 0 Å². The molecule has 136 valence electrons. The highest BCUT2D eigenvalue weighted by Gasteiger charge is 2.22. The van der Waals surface area contributed by atoms with Crippen LogP contribution in [0.4, 0.5) is 5.82 Å². The van der Waals surface area contributed by atoms with Crippen LogP contribution in [-0.2, 0) is 20.1 Å². The number of hydrogen-bond donors (Lipinski definition) is 1. The van der Waals surface area contributed by atoms with E-state index in [1.807, 2.05) is 13.8 Å². The monoisotopic (exact) mass is 348 g/mol. The summed E-state index contributed by atoms with van der Waals surface area (Å²) in [7, 11) is 3.09. The first-order valence-corrected chi connectivity index (χ1v) is 8.05. The number of Topliss-reactive ketones (excluding diaryl/α,β-unsaturated/α-hetero) is 1. The highest BCUT2D eigenvalue weighted by molar-refractivity contribution is 6.01. The SMILES string of the molecule is CC(C)Cn1c(N)c(C(=O)CN(C)Cc2ccco2)c(=O)n(C)c1=O. The van der Waals surface area contributed by atoms with Crippen LogP contribution in [0.3, 0.4) is 0 Å². The van der Waals surface area contributed by atoms with Gasteiger partial charge in [0, 0.05) is 13.6 Å². The lowest BCUT2D eigenvalue weighted by atomic mass is 10.1. The van der Waals surface area contributed by atoms with E-state index in [0.717, 1.165) is 4.57 Å². The molecule has 2 N–H and O–H groups in total. The second-order valence-electron chi connectivity index (χ2n) is 6.59. The normalized spacial score (nSPS) is 11.4. The largest absolute Gasteiger partial charge is 0.468 e. The highest BCUT2D eigenvalue weighted by Crippen LogP contribution is 2.10. The fraction of sp³-hybridized carbons (Fsp3) is 0.471. The molecule has 0 bridgehead atoms. The van der Waals surface area contributed by atoms with Crippen molar-refractivity contribution in [3.63, 3.8) is 0 Å². The molecule has 0 amide bonds. The van der Waals surface area contributed by atoms with E-state index in [4.69, 9.17) is 10.2 Å². The van der Waals surface area contributed by atoms with E-state index in [1.165, 1.54) is 11.6 Å². The van der Waals surface area contributed by atoms with Crippen LogP contribution in [0.25, 0.3) is 0 Å².